The quantitative estimate of drug-likeness (QED) is 0.169. The highest BCUT2D eigenvalue weighted by Gasteiger charge is 2.28. The Bertz CT molecular complexity index is 1530. The molecule has 0 aliphatic carbocycles. The minimum Gasteiger partial charge on any atom is -0.133 e. The van der Waals surface area contributed by atoms with E-state index in [1.807, 2.05) is 68.0 Å². The van der Waals surface area contributed by atoms with Crippen LogP contribution in [-0.4, -0.2) is 8.07 Å². The highest BCUT2D eigenvalue weighted by Crippen LogP contribution is 2.54. The summed E-state index contributed by atoms with van der Waals surface area (Å²) in [4.78, 5) is 0. The van der Waals surface area contributed by atoms with E-state index in [-0.39, 0.29) is 0 Å². The van der Waals surface area contributed by atoms with E-state index in [9.17, 15) is 0 Å². The molecule has 0 unspecified atom stereocenters. The first-order valence-corrected chi connectivity index (χ1v) is 18.7. The van der Waals surface area contributed by atoms with E-state index >= 15 is 0 Å². The van der Waals surface area contributed by atoms with Crippen molar-refractivity contribution >= 4 is 150 Å². The molecule has 6 aromatic heterocycles. The molecule has 6 heterocycles. The smallest absolute Gasteiger partial charge is 0.0920 e. The Morgan fingerprint density at radius 2 is 1.18 bits per heavy atom. The van der Waals surface area contributed by atoms with Gasteiger partial charge in [-0.05, 0) is 31.9 Å². The predicted octanol–water partition coefficient (Wildman–Crippen LogP) is 10.4. The van der Waals surface area contributed by atoms with Crippen molar-refractivity contribution < 1.29 is 0 Å². The van der Waals surface area contributed by atoms with Crippen molar-refractivity contribution in [1.82, 2.24) is 0 Å². The molecule has 0 saturated carbocycles. The van der Waals surface area contributed by atoms with E-state index in [1.165, 1.54) is 57.7 Å². The highest BCUT2D eigenvalue weighted by atomic mass is 79.9. The number of hydrogen-bond donors (Lipinski definition) is 0. The minimum absolute atomic E-state index is 1.23. The fourth-order valence-corrected chi connectivity index (χ4v) is 17.1. The Balaban J connectivity index is 1.72. The van der Waals surface area contributed by atoms with Gasteiger partial charge in [0, 0.05) is 62.3 Å². The molecule has 0 N–H and O–H groups in total. The van der Waals surface area contributed by atoms with Gasteiger partial charge in [-0.2, -0.15) is 0 Å². The van der Waals surface area contributed by atoms with Crippen LogP contribution < -0.4 is 4.50 Å². The summed E-state index contributed by atoms with van der Waals surface area (Å²) in [5.74, 6) is 0. The molecule has 6 aromatic rings. The minimum atomic E-state index is -1.36. The lowest BCUT2D eigenvalue weighted by atomic mass is 10.0. The van der Waals surface area contributed by atoms with E-state index in [1.54, 1.807) is 4.50 Å². The summed E-state index contributed by atoms with van der Waals surface area (Å²) in [7, 11) is -1.36. The van der Waals surface area contributed by atoms with Crippen molar-refractivity contribution in [2.24, 2.45) is 0 Å². The third-order valence-electron chi connectivity index (χ3n) is 4.89. The molecule has 0 aliphatic heterocycles. The van der Waals surface area contributed by atoms with Crippen molar-refractivity contribution in [3.63, 3.8) is 0 Å². The second kappa shape index (κ2) is 6.46. The number of thiophene rings is 6. The Morgan fingerprint density at radius 3 is 1.82 bits per heavy atom. The van der Waals surface area contributed by atoms with E-state index in [4.69, 9.17) is 0 Å². The molecule has 0 radical (unpaired) electrons. The van der Waals surface area contributed by atoms with E-state index in [0.717, 1.165) is 0 Å². The van der Waals surface area contributed by atoms with Gasteiger partial charge >= 0.3 is 0 Å². The molecule has 0 saturated heterocycles. The molecule has 142 valence electrons. The first-order chi connectivity index (χ1) is 13.3. The zero-order chi connectivity index (χ0) is 19.4. The van der Waals surface area contributed by atoms with Crippen LogP contribution in [0.5, 0.6) is 0 Å². The van der Waals surface area contributed by atoms with Gasteiger partial charge in [-0.3, -0.25) is 0 Å². The molecule has 9 heteroatoms. The lowest BCUT2D eigenvalue weighted by Crippen LogP contribution is -2.35. The van der Waals surface area contributed by atoms with Crippen LogP contribution in [-0.2, 0) is 0 Å². The van der Waals surface area contributed by atoms with Crippen LogP contribution in [0.4, 0.5) is 0 Å². The summed E-state index contributed by atoms with van der Waals surface area (Å²) in [5.41, 5.74) is 2.82. The fourth-order valence-electron chi connectivity index (χ4n) is 3.64. The number of hydrogen-bond acceptors (Lipinski definition) is 6. The molecular weight excluding hydrogens is 609 g/mol. The van der Waals surface area contributed by atoms with Crippen LogP contribution in [0.3, 0.4) is 0 Å². The summed E-state index contributed by atoms with van der Waals surface area (Å²) in [5, 5.41) is 12.7. The van der Waals surface area contributed by atoms with Crippen molar-refractivity contribution in [1.29, 1.82) is 0 Å². The lowest BCUT2D eigenvalue weighted by Gasteiger charge is -2.14. The molecule has 0 bridgehead atoms. The molecule has 0 atom stereocenters. The van der Waals surface area contributed by atoms with Crippen LogP contribution in [0.15, 0.2) is 25.1 Å². The molecule has 6 rings (SSSR count). The van der Waals surface area contributed by atoms with Gasteiger partial charge in [0.15, 0.2) is 0 Å². The monoisotopic (exact) mass is 618 g/mol. The van der Waals surface area contributed by atoms with Crippen molar-refractivity contribution in [2.45, 2.75) is 19.6 Å². The van der Waals surface area contributed by atoms with Crippen molar-refractivity contribution in [3.8, 4) is 11.1 Å². The fraction of sp³-hybridized carbons (Fsp3) is 0.158. The SMILES string of the molecule is C[Si](C)(C)c1sc2sc3scc(-c4csc5sc6scc(Br)c6c45)c3c2c1Br. The molecule has 0 aliphatic rings. The summed E-state index contributed by atoms with van der Waals surface area (Å²) >= 11 is 19.4. The lowest BCUT2D eigenvalue weighted by molar-refractivity contribution is 1.78. The topological polar surface area (TPSA) is 0 Å². The van der Waals surface area contributed by atoms with Gasteiger partial charge in [-0.1, -0.05) is 19.6 Å². The van der Waals surface area contributed by atoms with Crippen LogP contribution in [0, 0.1) is 0 Å². The largest absolute Gasteiger partial charge is 0.133 e. The molecule has 0 fully saturated rings. The second-order valence-corrected chi connectivity index (χ2v) is 21.5. The second-order valence-electron chi connectivity index (χ2n) is 7.73. The average Bonchev–Trinajstić information content (AvgIpc) is 3.37. The van der Waals surface area contributed by atoms with Gasteiger partial charge in [-0.15, -0.1) is 68.0 Å². The molecule has 28 heavy (non-hydrogen) atoms. The van der Waals surface area contributed by atoms with Crippen LogP contribution in [0.2, 0.25) is 19.6 Å². The normalized spacial score (nSPS) is 13.2. The Hall–Kier alpha value is 0.417. The first-order valence-electron chi connectivity index (χ1n) is 8.54. The van der Waals surface area contributed by atoms with E-state index in [2.05, 4.69) is 67.6 Å². The Kier molecular flexibility index (Phi) is 4.41. The number of rotatable bonds is 2. The van der Waals surface area contributed by atoms with Crippen LogP contribution >= 0.6 is 99.9 Å². The maximum absolute atomic E-state index is 4.01. The zero-order valence-electron chi connectivity index (χ0n) is 14.9. The summed E-state index contributed by atoms with van der Waals surface area (Å²) in [6.07, 6.45) is 0. The van der Waals surface area contributed by atoms with Gasteiger partial charge in [-0.25, -0.2) is 0 Å². The van der Waals surface area contributed by atoms with Gasteiger partial charge < -0.3 is 0 Å². The standard InChI is InChI=1S/C19H12Br2S6Si/c1-28(2,3)19-14(21)13-11-8(5-23-16(11)26-18(13)27-19)7-4-22-15-10(7)12-9(20)6-24-17(12)25-15/h4-6H,1-3H3. The maximum atomic E-state index is 4.01. The van der Waals surface area contributed by atoms with Gasteiger partial charge in [0.2, 0.25) is 0 Å². The summed E-state index contributed by atoms with van der Waals surface area (Å²) in [6.45, 7) is 7.33. The third-order valence-corrected chi connectivity index (χ3v) is 17.8. The molecule has 0 spiro atoms. The molecular formula is C19H12Br2S6Si. The first kappa shape index (κ1) is 19.1. The summed E-state index contributed by atoms with van der Waals surface area (Å²) in [6, 6.07) is 0. The number of fused-ring (bicyclic) bond motifs is 6. The highest BCUT2D eigenvalue weighted by molar-refractivity contribution is 9.11. The van der Waals surface area contributed by atoms with Crippen LogP contribution in [0.25, 0.3) is 48.7 Å². The predicted molar refractivity (Wildman–Crippen MR) is 148 cm³/mol. The Labute approximate surface area is 203 Å². The number of halogens is 2. The van der Waals surface area contributed by atoms with Crippen LogP contribution in [0.1, 0.15) is 0 Å². The molecule has 0 nitrogen and oxygen atoms in total. The van der Waals surface area contributed by atoms with Crippen molar-refractivity contribution in [2.75, 3.05) is 0 Å². The van der Waals surface area contributed by atoms with Gasteiger partial charge in [0.25, 0.3) is 0 Å². The van der Waals surface area contributed by atoms with Crippen molar-refractivity contribution in [3.05, 3.63) is 25.1 Å². The summed E-state index contributed by atoms with van der Waals surface area (Å²) < 4.78 is 9.97. The van der Waals surface area contributed by atoms with Gasteiger partial charge in [0.05, 0.1) is 24.1 Å². The van der Waals surface area contributed by atoms with E-state index in [0.29, 0.717) is 0 Å². The molecule has 0 aromatic carbocycles. The average molecular weight is 621 g/mol. The zero-order valence-corrected chi connectivity index (χ0v) is 24.0. The maximum Gasteiger partial charge on any atom is 0.0920 e. The molecule has 0 amide bonds. The van der Waals surface area contributed by atoms with Gasteiger partial charge in [0.1, 0.15) is 0 Å². The van der Waals surface area contributed by atoms with E-state index < -0.39 is 8.07 Å². The Morgan fingerprint density at radius 1 is 0.643 bits per heavy atom. The third kappa shape index (κ3) is 2.57.